The Morgan fingerprint density at radius 1 is 1.05 bits per heavy atom. The maximum atomic E-state index is 13.1. The highest BCUT2D eigenvalue weighted by atomic mass is 19.1. The van der Waals surface area contributed by atoms with Gasteiger partial charge in [0.1, 0.15) is 5.82 Å². The molecule has 0 aliphatic rings. The quantitative estimate of drug-likeness (QED) is 0.764. The zero-order valence-corrected chi connectivity index (χ0v) is 12.0. The summed E-state index contributed by atoms with van der Waals surface area (Å²) in [7, 11) is 0. The first-order chi connectivity index (χ1) is 10.0. The van der Waals surface area contributed by atoms with Crippen LogP contribution < -0.4 is 5.32 Å². The molecule has 2 unspecified atom stereocenters. The average Bonchev–Trinajstić information content (AvgIpc) is 2.50. The summed E-state index contributed by atoms with van der Waals surface area (Å²) in [5.74, 6) is -0.284. The molecule has 0 heterocycles. The van der Waals surface area contributed by atoms with Gasteiger partial charge >= 0.3 is 0 Å². The fraction of sp³-hybridized carbons (Fsp3) is 0.294. The highest BCUT2D eigenvalue weighted by Crippen LogP contribution is 2.22. The summed E-state index contributed by atoms with van der Waals surface area (Å²) in [4.78, 5) is 0. The van der Waals surface area contributed by atoms with Crippen molar-refractivity contribution in [2.24, 2.45) is 0 Å². The fourth-order valence-corrected chi connectivity index (χ4v) is 2.11. The number of benzene rings is 2. The molecule has 3 N–H and O–H groups in total. The molecule has 112 valence electrons. The summed E-state index contributed by atoms with van der Waals surface area (Å²) in [6.45, 7) is 1.46. The second kappa shape index (κ2) is 6.80. The zero-order valence-electron chi connectivity index (χ0n) is 12.0. The van der Waals surface area contributed by atoms with Crippen molar-refractivity contribution in [3.8, 4) is 0 Å². The van der Waals surface area contributed by atoms with E-state index < -0.39 is 5.60 Å². The van der Waals surface area contributed by atoms with E-state index in [0.29, 0.717) is 0 Å². The first-order valence-electron chi connectivity index (χ1n) is 6.89. The molecule has 0 spiro atoms. The normalized spacial score (nSPS) is 15.4. The number of aliphatic hydroxyl groups excluding tert-OH is 1. The van der Waals surface area contributed by atoms with E-state index in [2.05, 4.69) is 5.32 Å². The average molecular weight is 289 g/mol. The van der Waals surface area contributed by atoms with Gasteiger partial charge in [-0.25, -0.2) is 4.39 Å². The SMILES string of the molecule is CC(O)(CO)CNC(c1ccccc1)c1ccc(F)cc1. The van der Waals surface area contributed by atoms with Crippen molar-refractivity contribution >= 4 is 0 Å². The van der Waals surface area contributed by atoms with Gasteiger partial charge in [-0.1, -0.05) is 42.5 Å². The molecular weight excluding hydrogens is 269 g/mol. The Morgan fingerprint density at radius 3 is 2.19 bits per heavy atom. The van der Waals surface area contributed by atoms with Crippen LogP contribution in [0.3, 0.4) is 0 Å². The molecule has 2 aromatic rings. The molecule has 0 bridgehead atoms. The molecule has 3 nitrogen and oxygen atoms in total. The second-order valence-electron chi connectivity index (χ2n) is 5.43. The van der Waals surface area contributed by atoms with Crippen LogP contribution in [0.25, 0.3) is 0 Å². The fourth-order valence-electron chi connectivity index (χ4n) is 2.11. The summed E-state index contributed by atoms with van der Waals surface area (Å²) >= 11 is 0. The van der Waals surface area contributed by atoms with E-state index in [9.17, 15) is 9.50 Å². The van der Waals surface area contributed by atoms with Gasteiger partial charge in [-0.3, -0.25) is 0 Å². The molecule has 2 rings (SSSR count). The van der Waals surface area contributed by atoms with E-state index >= 15 is 0 Å². The minimum Gasteiger partial charge on any atom is -0.393 e. The molecule has 2 aromatic carbocycles. The lowest BCUT2D eigenvalue weighted by molar-refractivity contribution is 0.00149. The van der Waals surface area contributed by atoms with Crippen LogP contribution in [0.1, 0.15) is 24.1 Å². The first-order valence-corrected chi connectivity index (χ1v) is 6.89. The maximum absolute atomic E-state index is 13.1. The maximum Gasteiger partial charge on any atom is 0.123 e. The van der Waals surface area contributed by atoms with Crippen molar-refractivity contribution in [2.75, 3.05) is 13.2 Å². The number of hydrogen-bond donors (Lipinski definition) is 3. The summed E-state index contributed by atoms with van der Waals surface area (Å²) < 4.78 is 13.1. The Bertz CT molecular complexity index is 555. The molecule has 21 heavy (non-hydrogen) atoms. The van der Waals surface area contributed by atoms with Crippen molar-refractivity contribution in [1.29, 1.82) is 0 Å². The van der Waals surface area contributed by atoms with Crippen molar-refractivity contribution < 1.29 is 14.6 Å². The van der Waals surface area contributed by atoms with Crippen LogP contribution in [0, 0.1) is 5.82 Å². The Balaban J connectivity index is 2.25. The smallest absolute Gasteiger partial charge is 0.123 e. The number of nitrogens with one attached hydrogen (secondary N) is 1. The number of aliphatic hydroxyl groups is 2. The van der Waals surface area contributed by atoms with E-state index in [1.165, 1.54) is 12.1 Å². The van der Waals surface area contributed by atoms with Crippen LogP contribution in [0.15, 0.2) is 54.6 Å². The minimum absolute atomic E-state index is 0.176. The molecule has 0 saturated carbocycles. The lowest BCUT2D eigenvalue weighted by atomic mass is 9.97. The van der Waals surface area contributed by atoms with Crippen molar-refractivity contribution in [3.63, 3.8) is 0 Å². The molecule has 0 radical (unpaired) electrons. The van der Waals surface area contributed by atoms with Gasteiger partial charge in [0.2, 0.25) is 0 Å². The third kappa shape index (κ3) is 4.36. The van der Waals surface area contributed by atoms with Gasteiger partial charge in [-0.2, -0.15) is 0 Å². The van der Waals surface area contributed by atoms with Crippen LogP contribution in [0.5, 0.6) is 0 Å². The summed E-state index contributed by atoms with van der Waals surface area (Å²) in [5.41, 5.74) is 0.710. The lowest BCUT2D eigenvalue weighted by Crippen LogP contribution is -2.42. The Hall–Kier alpha value is -1.75. The minimum atomic E-state index is -1.20. The number of halogens is 1. The van der Waals surface area contributed by atoms with E-state index in [1.807, 2.05) is 30.3 Å². The Morgan fingerprint density at radius 2 is 1.62 bits per heavy atom. The largest absolute Gasteiger partial charge is 0.393 e. The van der Waals surface area contributed by atoms with Gasteiger partial charge in [0.25, 0.3) is 0 Å². The standard InChI is InChI=1S/C17H20FNO2/c1-17(21,12-20)11-19-16(13-5-3-2-4-6-13)14-7-9-15(18)10-8-14/h2-10,16,19-21H,11-12H2,1H3. The van der Waals surface area contributed by atoms with Gasteiger partial charge in [-0.05, 0) is 30.2 Å². The van der Waals surface area contributed by atoms with E-state index in [1.54, 1.807) is 19.1 Å². The molecule has 0 aliphatic heterocycles. The predicted octanol–water partition coefficient (Wildman–Crippen LogP) is 2.25. The highest BCUT2D eigenvalue weighted by Gasteiger charge is 2.22. The molecule has 0 saturated heterocycles. The van der Waals surface area contributed by atoms with Crippen molar-refractivity contribution in [3.05, 3.63) is 71.5 Å². The van der Waals surface area contributed by atoms with Gasteiger partial charge < -0.3 is 15.5 Å². The van der Waals surface area contributed by atoms with Crippen LogP contribution in [0.4, 0.5) is 4.39 Å². The topological polar surface area (TPSA) is 52.5 Å². The van der Waals surface area contributed by atoms with Crippen molar-refractivity contribution in [1.82, 2.24) is 5.32 Å². The van der Waals surface area contributed by atoms with Gasteiger partial charge in [0, 0.05) is 6.54 Å². The molecule has 0 aromatic heterocycles. The third-order valence-corrected chi connectivity index (χ3v) is 3.36. The summed E-state index contributed by atoms with van der Waals surface area (Å²) in [6.07, 6.45) is 0. The molecule has 0 amide bonds. The van der Waals surface area contributed by atoms with Gasteiger partial charge in [-0.15, -0.1) is 0 Å². The predicted molar refractivity (Wildman–Crippen MR) is 80.4 cm³/mol. The molecule has 0 fully saturated rings. The second-order valence-corrected chi connectivity index (χ2v) is 5.43. The molecular formula is C17H20FNO2. The molecule has 0 aliphatic carbocycles. The van der Waals surface area contributed by atoms with Crippen LogP contribution in [-0.2, 0) is 0 Å². The highest BCUT2D eigenvalue weighted by molar-refractivity contribution is 5.31. The summed E-state index contributed by atoms with van der Waals surface area (Å²) in [5, 5.41) is 22.3. The summed E-state index contributed by atoms with van der Waals surface area (Å²) in [6, 6.07) is 15.8. The van der Waals surface area contributed by atoms with Gasteiger partial charge in [0.15, 0.2) is 0 Å². The Labute approximate surface area is 124 Å². The van der Waals surface area contributed by atoms with E-state index in [4.69, 9.17) is 5.11 Å². The third-order valence-electron chi connectivity index (χ3n) is 3.36. The zero-order chi connectivity index (χ0) is 15.3. The van der Waals surface area contributed by atoms with E-state index in [0.717, 1.165) is 11.1 Å². The lowest BCUT2D eigenvalue weighted by Gasteiger charge is -2.26. The molecule has 4 heteroatoms. The molecule has 2 atom stereocenters. The van der Waals surface area contributed by atoms with Crippen LogP contribution >= 0.6 is 0 Å². The Kier molecular flexibility index (Phi) is 5.07. The van der Waals surface area contributed by atoms with E-state index in [-0.39, 0.29) is 25.0 Å². The number of hydrogen-bond acceptors (Lipinski definition) is 3. The monoisotopic (exact) mass is 289 g/mol. The van der Waals surface area contributed by atoms with Gasteiger partial charge in [0.05, 0.1) is 18.2 Å². The van der Waals surface area contributed by atoms with Crippen LogP contribution in [-0.4, -0.2) is 29.0 Å². The van der Waals surface area contributed by atoms with Crippen molar-refractivity contribution in [2.45, 2.75) is 18.6 Å². The van der Waals surface area contributed by atoms with Crippen LogP contribution in [0.2, 0.25) is 0 Å². The number of rotatable bonds is 6. The first kappa shape index (κ1) is 15.6.